The Morgan fingerprint density at radius 3 is 2.94 bits per heavy atom. The lowest BCUT2D eigenvalue weighted by Crippen LogP contribution is -2.23. The van der Waals surface area contributed by atoms with Gasteiger partial charge in [-0.25, -0.2) is 4.85 Å². The fourth-order valence-electron chi connectivity index (χ4n) is 1.40. The molecule has 0 radical (unpaired) electrons. The average Bonchev–Trinajstić information content (AvgIpc) is 2.34. The van der Waals surface area contributed by atoms with Crippen LogP contribution in [-0.2, 0) is 0 Å². The number of benzene rings is 1. The molecule has 0 saturated carbocycles. The highest BCUT2D eigenvalue weighted by Gasteiger charge is 2.06. The zero-order valence-corrected chi connectivity index (χ0v) is 10.1. The van der Waals surface area contributed by atoms with Crippen molar-refractivity contribution >= 4 is 5.91 Å². The Hall–Kier alpha value is -2.08. The minimum absolute atomic E-state index is 0.109. The van der Waals surface area contributed by atoms with E-state index >= 15 is 0 Å². The van der Waals surface area contributed by atoms with Gasteiger partial charge in [-0.05, 0) is 23.6 Å². The van der Waals surface area contributed by atoms with E-state index in [1.54, 1.807) is 12.1 Å². The molecule has 1 rings (SSSR count). The van der Waals surface area contributed by atoms with E-state index in [0.717, 1.165) is 5.56 Å². The van der Waals surface area contributed by atoms with E-state index in [2.05, 4.69) is 24.0 Å². The molecule has 1 aromatic rings. The number of hydrogen-bond acceptors (Lipinski definition) is 1. The molecule has 0 spiro atoms. The van der Waals surface area contributed by atoms with Crippen LogP contribution in [0.1, 0.15) is 35.7 Å². The number of carbonyl (C=O) groups is 1. The van der Waals surface area contributed by atoms with Crippen molar-refractivity contribution in [1.29, 1.82) is 0 Å². The molecule has 0 heterocycles. The summed E-state index contributed by atoms with van der Waals surface area (Å²) in [5, 5.41) is 2.73. The minimum atomic E-state index is -0.109. The number of carbonyl (C=O) groups excluding carboxylic acids is 1. The Morgan fingerprint density at radius 2 is 2.29 bits per heavy atom. The average molecular weight is 228 g/mol. The minimum Gasteiger partial charge on any atom is -0.350 e. The molecule has 1 amide bonds. The number of rotatable bonds is 4. The van der Waals surface area contributed by atoms with E-state index in [0.29, 0.717) is 18.0 Å². The van der Waals surface area contributed by atoms with Gasteiger partial charge < -0.3 is 5.32 Å². The van der Waals surface area contributed by atoms with Crippen molar-refractivity contribution in [1.82, 2.24) is 5.32 Å². The first-order valence-electron chi connectivity index (χ1n) is 5.55. The van der Waals surface area contributed by atoms with Gasteiger partial charge in [-0.15, -0.1) is 0 Å². The molecule has 0 aliphatic heterocycles. The first kappa shape index (κ1) is 13.0. The Morgan fingerprint density at radius 1 is 1.53 bits per heavy atom. The highest BCUT2D eigenvalue weighted by atomic mass is 16.1. The molecular formula is C14H16N2O. The van der Waals surface area contributed by atoms with E-state index in [4.69, 9.17) is 6.57 Å². The highest BCUT2D eigenvalue weighted by molar-refractivity contribution is 5.94. The van der Waals surface area contributed by atoms with Crippen LogP contribution in [0.15, 0.2) is 36.5 Å². The van der Waals surface area contributed by atoms with Gasteiger partial charge in [0.1, 0.15) is 0 Å². The van der Waals surface area contributed by atoms with Crippen LogP contribution in [0.4, 0.5) is 0 Å². The lowest BCUT2D eigenvalue weighted by molar-refractivity contribution is 0.0958. The summed E-state index contributed by atoms with van der Waals surface area (Å²) in [5.74, 6) is 0.298. The Labute approximate surface area is 102 Å². The van der Waals surface area contributed by atoms with Crippen LogP contribution < -0.4 is 5.32 Å². The van der Waals surface area contributed by atoms with Crippen LogP contribution in [0.5, 0.6) is 0 Å². The summed E-state index contributed by atoms with van der Waals surface area (Å²) < 4.78 is 0. The predicted molar refractivity (Wildman–Crippen MR) is 68.6 cm³/mol. The molecule has 0 saturated heterocycles. The van der Waals surface area contributed by atoms with Crippen LogP contribution in [0.3, 0.4) is 0 Å². The largest absolute Gasteiger partial charge is 0.350 e. The summed E-state index contributed by atoms with van der Waals surface area (Å²) in [4.78, 5) is 14.8. The molecule has 0 atom stereocenters. The van der Waals surface area contributed by atoms with Gasteiger partial charge >= 0.3 is 0 Å². The highest BCUT2D eigenvalue weighted by Crippen LogP contribution is 2.15. The zero-order valence-electron chi connectivity index (χ0n) is 10.1. The van der Waals surface area contributed by atoms with E-state index in [1.165, 1.54) is 6.20 Å². The van der Waals surface area contributed by atoms with Crippen LogP contribution in [0.2, 0.25) is 0 Å². The molecule has 3 nitrogen and oxygen atoms in total. The summed E-state index contributed by atoms with van der Waals surface area (Å²) in [7, 11) is 0. The fraction of sp³-hybridized carbons (Fsp3) is 0.286. The SMILES string of the molecule is [C-]#[N+]/C=C/CNC(=O)c1cccc(C(C)C)c1. The van der Waals surface area contributed by atoms with Gasteiger partial charge in [0.15, 0.2) is 6.20 Å². The Balaban J connectivity index is 2.66. The first-order valence-corrected chi connectivity index (χ1v) is 5.55. The maximum absolute atomic E-state index is 11.8. The third kappa shape index (κ3) is 4.12. The van der Waals surface area contributed by atoms with Gasteiger partial charge in [-0.1, -0.05) is 32.1 Å². The van der Waals surface area contributed by atoms with E-state index < -0.39 is 0 Å². The molecule has 0 fully saturated rings. The number of hydrogen-bond donors (Lipinski definition) is 1. The van der Waals surface area contributed by atoms with Gasteiger partial charge in [-0.3, -0.25) is 4.79 Å². The fourth-order valence-corrected chi connectivity index (χ4v) is 1.40. The normalized spacial score (nSPS) is 10.5. The van der Waals surface area contributed by atoms with Crippen molar-refractivity contribution in [2.24, 2.45) is 0 Å². The Bertz CT molecular complexity index is 456. The van der Waals surface area contributed by atoms with Crippen LogP contribution >= 0.6 is 0 Å². The summed E-state index contributed by atoms with van der Waals surface area (Å²) in [6.45, 7) is 11.1. The van der Waals surface area contributed by atoms with Crippen LogP contribution in [0.25, 0.3) is 4.85 Å². The molecular weight excluding hydrogens is 212 g/mol. The Kier molecular flexibility index (Phi) is 4.96. The predicted octanol–water partition coefficient (Wildman–Crippen LogP) is 2.97. The molecule has 0 aliphatic rings. The molecule has 0 aliphatic carbocycles. The smallest absolute Gasteiger partial charge is 0.251 e. The molecule has 88 valence electrons. The molecule has 0 unspecified atom stereocenters. The maximum atomic E-state index is 11.8. The van der Waals surface area contributed by atoms with Crippen molar-refractivity contribution in [2.75, 3.05) is 6.54 Å². The van der Waals surface area contributed by atoms with Crippen LogP contribution in [0, 0.1) is 6.57 Å². The quantitative estimate of drug-likeness (QED) is 0.790. The third-order valence-electron chi connectivity index (χ3n) is 2.38. The topological polar surface area (TPSA) is 33.5 Å². The summed E-state index contributed by atoms with van der Waals surface area (Å²) in [5.41, 5.74) is 1.81. The zero-order chi connectivity index (χ0) is 12.7. The summed E-state index contributed by atoms with van der Waals surface area (Å²) in [6, 6.07) is 7.60. The van der Waals surface area contributed by atoms with E-state index in [1.807, 2.05) is 18.2 Å². The molecule has 1 aromatic carbocycles. The number of amides is 1. The van der Waals surface area contributed by atoms with Gasteiger partial charge in [0.05, 0.1) is 6.57 Å². The molecule has 17 heavy (non-hydrogen) atoms. The molecule has 1 N–H and O–H groups in total. The second-order valence-electron chi connectivity index (χ2n) is 4.00. The molecule has 0 aromatic heterocycles. The van der Waals surface area contributed by atoms with Crippen molar-refractivity contribution in [3.05, 3.63) is 59.1 Å². The van der Waals surface area contributed by atoms with Crippen molar-refractivity contribution in [3.8, 4) is 0 Å². The first-order chi connectivity index (χ1) is 8.15. The van der Waals surface area contributed by atoms with E-state index in [-0.39, 0.29) is 5.91 Å². The maximum Gasteiger partial charge on any atom is 0.251 e. The van der Waals surface area contributed by atoms with Gasteiger partial charge in [0.25, 0.3) is 5.91 Å². The lowest BCUT2D eigenvalue weighted by Gasteiger charge is -2.07. The monoisotopic (exact) mass is 228 g/mol. The van der Waals surface area contributed by atoms with Crippen molar-refractivity contribution < 1.29 is 4.79 Å². The number of nitrogens with zero attached hydrogens (tertiary/aromatic N) is 1. The second-order valence-corrected chi connectivity index (χ2v) is 4.00. The van der Waals surface area contributed by atoms with E-state index in [9.17, 15) is 4.79 Å². The van der Waals surface area contributed by atoms with Gasteiger partial charge in [0, 0.05) is 12.1 Å². The molecule has 0 bridgehead atoms. The van der Waals surface area contributed by atoms with Crippen molar-refractivity contribution in [3.63, 3.8) is 0 Å². The summed E-state index contributed by atoms with van der Waals surface area (Å²) >= 11 is 0. The van der Waals surface area contributed by atoms with Crippen molar-refractivity contribution in [2.45, 2.75) is 19.8 Å². The standard InChI is InChI=1S/C14H16N2O/c1-11(2)12-6-4-7-13(10-12)14(17)16-9-5-8-15-3/h4-8,10-11H,9H2,1-2H3,(H,16,17)/b8-5+. The molecule has 3 heteroatoms. The van der Waals surface area contributed by atoms with Gasteiger partial charge in [-0.2, -0.15) is 0 Å². The summed E-state index contributed by atoms with van der Waals surface area (Å²) in [6.07, 6.45) is 2.96. The third-order valence-corrected chi connectivity index (χ3v) is 2.38. The second kappa shape index (κ2) is 6.49. The van der Waals surface area contributed by atoms with Crippen LogP contribution in [-0.4, -0.2) is 12.5 Å². The van der Waals surface area contributed by atoms with Gasteiger partial charge in [0.2, 0.25) is 0 Å². The lowest BCUT2D eigenvalue weighted by atomic mass is 10.0. The number of nitrogens with one attached hydrogen (secondary N) is 1.